The Kier molecular flexibility index (Phi) is 12.2. The highest BCUT2D eigenvalue weighted by Crippen LogP contribution is 2.13. The Morgan fingerprint density at radius 1 is 0.744 bits per heavy atom. The minimum Gasteiger partial charge on any atom is -0.508 e. The molecule has 0 saturated heterocycles. The number of hydrogen-bond acceptors (Lipinski definition) is 8. The van der Waals surface area contributed by atoms with Gasteiger partial charge >= 0.3 is 5.97 Å². The van der Waals surface area contributed by atoms with Gasteiger partial charge in [0.25, 0.3) is 0 Å². The summed E-state index contributed by atoms with van der Waals surface area (Å²) in [6.07, 6.45) is 1.50. The standard InChI is InChI=1S/C27H37N5O7/c1-16(24(35)31-22(27(38)39)4-2-3-13-28)30-26(37)23(15-18-7-11-20(34)12-8-18)32-25(36)21(29)14-17-5-9-19(33)10-6-17/h5-12,16,21-23,33-34H,2-4,13-15,28-29H2,1H3,(H,30,37)(H,31,35)(H,32,36)(H,38,39). The number of amides is 3. The minimum absolute atomic E-state index is 0.0319. The Hall–Kier alpha value is -4.16. The van der Waals surface area contributed by atoms with Gasteiger partial charge in [-0.1, -0.05) is 24.3 Å². The van der Waals surface area contributed by atoms with Gasteiger partial charge in [-0.15, -0.1) is 0 Å². The maximum absolute atomic E-state index is 13.2. The maximum Gasteiger partial charge on any atom is 0.326 e. The second-order valence-electron chi connectivity index (χ2n) is 9.32. The first-order valence-corrected chi connectivity index (χ1v) is 12.7. The van der Waals surface area contributed by atoms with E-state index in [-0.39, 0.29) is 30.8 Å². The SMILES string of the molecule is CC(NC(=O)C(Cc1ccc(O)cc1)NC(=O)C(N)Cc1ccc(O)cc1)C(=O)NC(CCCCN)C(=O)O. The van der Waals surface area contributed by atoms with Crippen molar-refractivity contribution >= 4 is 23.7 Å². The molecule has 0 radical (unpaired) electrons. The van der Waals surface area contributed by atoms with Crippen LogP contribution >= 0.6 is 0 Å². The summed E-state index contributed by atoms with van der Waals surface area (Å²) in [5.74, 6) is -3.06. The van der Waals surface area contributed by atoms with Gasteiger partial charge in [0.1, 0.15) is 29.6 Å². The number of aliphatic carboxylic acids is 1. The van der Waals surface area contributed by atoms with Crippen LogP contribution in [0.3, 0.4) is 0 Å². The van der Waals surface area contributed by atoms with E-state index < -0.39 is 47.9 Å². The smallest absolute Gasteiger partial charge is 0.326 e. The fraction of sp³-hybridized carbons (Fsp3) is 0.407. The largest absolute Gasteiger partial charge is 0.508 e. The molecule has 212 valence electrons. The summed E-state index contributed by atoms with van der Waals surface area (Å²) in [4.78, 5) is 50.2. The Labute approximate surface area is 226 Å². The Balaban J connectivity index is 2.09. The molecular weight excluding hydrogens is 506 g/mol. The molecule has 0 aliphatic carbocycles. The summed E-state index contributed by atoms with van der Waals surface area (Å²) in [5.41, 5.74) is 12.8. The predicted molar refractivity (Wildman–Crippen MR) is 144 cm³/mol. The number of carbonyl (C=O) groups excluding carboxylic acids is 3. The summed E-state index contributed by atoms with van der Waals surface area (Å²) in [6, 6.07) is 7.91. The van der Waals surface area contributed by atoms with E-state index >= 15 is 0 Å². The first kappa shape index (κ1) is 31.1. The third-order valence-electron chi connectivity index (χ3n) is 6.05. The third-order valence-corrected chi connectivity index (χ3v) is 6.05. The molecule has 0 heterocycles. The van der Waals surface area contributed by atoms with Gasteiger partial charge in [-0.25, -0.2) is 4.79 Å². The fourth-order valence-electron chi connectivity index (χ4n) is 3.76. The van der Waals surface area contributed by atoms with Gasteiger partial charge in [0.2, 0.25) is 17.7 Å². The summed E-state index contributed by atoms with van der Waals surface area (Å²) in [7, 11) is 0. The van der Waals surface area contributed by atoms with E-state index in [2.05, 4.69) is 16.0 Å². The molecule has 2 aromatic carbocycles. The second kappa shape index (κ2) is 15.3. The molecule has 2 aromatic rings. The number of rotatable bonds is 15. The molecule has 0 fully saturated rings. The summed E-state index contributed by atoms with van der Waals surface area (Å²) in [5, 5.41) is 36.0. The second-order valence-corrected chi connectivity index (χ2v) is 9.32. The molecule has 4 unspecified atom stereocenters. The van der Waals surface area contributed by atoms with Crippen molar-refractivity contribution in [1.82, 2.24) is 16.0 Å². The van der Waals surface area contributed by atoms with Gasteiger partial charge in [0.15, 0.2) is 0 Å². The van der Waals surface area contributed by atoms with Crippen molar-refractivity contribution in [1.29, 1.82) is 0 Å². The minimum atomic E-state index is -1.20. The van der Waals surface area contributed by atoms with Crippen molar-refractivity contribution in [2.45, 2.75) is 63.2 Å². The number of carboxylic acids is 1. The van der Waals surface area contributed by atoms with Gasteiger partial charge < -0.3 is 42.7 Å². The van der Waals surface area contributed by atoms with E-state index in [1.54, 1.807) is 24.3 Å². The number of carbonyl (C=O) groups is 4. The number of hydrogen-bond donors (Lipinski definition) is 8. The van der Waals surface area contributed by atoms with E-state index in [1.807, 2.05) is 0 Å². The molecule has 12 heteroatoms. The first-order chi connectivity index (χ1) is 18.5. The summed E-state index contributed by atoms with van der Waals surface area (Å²) < 4.78 is 0. The van der Waals surface area contributed by atoms with Crippen LogP contribution in [0.2, 0.25) is 0 Å². The molecule has 0 aliphatic rings. The zero-order chi connectivity index (χ0) is 28.9. The van der Waals surface area contributed by atoms with E-state index in [9.17, 15) is 34.5 Å². The average molecular weight is 544 g/mol. The molecule has 39 heavy (non-hydrogen) atoms. The van der Waals surface area contributed by atoms with E-state index in [1.165, 1.54) is 31.2 Å². The topological polar surface area (TPSA) is 217 Å². The van der Waals surface area contributed by atoms with Gasteiger partial charge in [0, 0.05) is 6.42 Å². The van der Waals surface area contributed by atoms with Crippen LogP contribution in [0.4, 0.5) is 0 Å². The van der Waals surface area contributed by atoms with Gasteiger partial charge in [-0.2, -0.15) is 0 Å². The summed E-state index contributed by atoms with van der Waals surface area (Å²) in [6.45, 7) is 1.81. The van der Waals surface area contributed by atoms with Crippen molar-refractivity contribution in [2.24, 2.45) is 11.5 Å². The van der Waals surface area contributed by atoms with Crippen molar-refractivity contribution < 1.29 is 34.5 Å². The average Bonchev–Trinajstić information content (AvgIpc) is 2.89. The first-order valence-electron chi connectivity index (χ1n) is 12.7. The Bertz CT molecular complexity index is 1110. The number of phenols is 2. The van der Waals surface area contributed by atoms with Crippen LogP contribution in [0, 0.1) is 0 Å². The molecular formula is C27H37N5O7. The van der Waals surface area contributed by atoms with E-state index in [0.717, 1.165) is 0 Å². The lowest BCUT2D eigenvalue weighted by Gasteiger charge is -2.24. The van der Waals surface area contributed by atoms with Crippen molar-refractivity contribution in [3.63, 3.8) is 0 Å². The molecule has 12 nitrogen and oxygen atoms in total. The molecule has 0 aliphatic heterocycles. The highest BCUT2D eigenvalue weighted by Gasteiger charge is 2.28. The normalized spacial score (nSPS) is 13.9. The highest BCUT2D eigenvalue weighted by molar-refractivity contribution is 5.94. The zero-order valence-electron chi connectivity index (χ0n) is 21.8. The number of nitrogens with two attached hydrogens (primary N) is 2. The number of benzene rings is 2. The third kappa shape index (κ3) is 10.6. The van der Waals surface area contributed by atoms with Crippen LogP contribution in [0.25, 0.3) is 0 Å². The summed E-state index contributed by atoms with van der Waals surface area (Å²) >= 11 is 0. The molecule has 0 aromatic heterocycles. The molecule has 3 amide bonds. The quantitative estimate of drug-likeness (QED) is 0.140. The van der Waals surface area contributed by atoms with Crippen LogP contribution in [-0.4, -0.2) is 69.7 Å². The Morgan fingerprint density at radius 2 is 1.26 bits per heavy atom. The molecule has 4 atom stereocenters. The van der Waals surface area contributed by atoms with E-state index in [0.29, 0.717) is 30.5 Å². The van der Waals surface area contributed by atoms with Crippen LogP contribution in [0.15, 0.2) is 48.5 Å². The van der Waals surface area contributed by atoms with Gasteiger partial charge in [0.05, 0.1) is 6.04 Å². The zero-order valence-corrected chi connectivity index (χ0v) is 21.8. The monoisotopic (exact) mass is 543 g/mol. The van der Waals surface area contributed by atoms with Crippen molar-refractivity contribution in [2.75, 3.05) is 6.54 Å². The van der Waals surface area contributed by atoms with Crippen LogP contribution in [-0.2, 0) is 32.0 Å². The molecule has 10 N–H and O–H groups in total. The van der Waals surface area contributed by atoms with Gasteiger partial charge in [-0.05, 0) is 74.5 Å². The van der Waals surface area contributed by atoms with Crippen LogP contribution < -0.4 is 27.4 Å². The lowest BCUT2D eigenvalue weighted by atomic mass is 10.0. The van der Waals surface area contributed by atoms with Crippen LogP contribution in [0.1, 0.15) is 37.3 Å². The number of carboxylic acid groups (broad SMARTS) is 1. The maximum atomic E-state index is 13.2. The molecule has 0 saturated carbocycles. The van der Waals surface area contributed by atoms with Crippen molar-refractivity contribution in [3.8, 4) is 11.5 Å². The number of nitrogens with one attached hydrogen (secondary N) is 3. The number of unbranched alkanes of at least 4 members (excludes halogenated alkanes) is 1. The molecule has 0 spiro atoms. The predicted octanol–water partition coefficient (Wildman–Crippen LogP) is -0.102. The molecule has 2 rings (SSSR count). The van der Waals surface area contributed by atoms with Crippen molar-refractivity contribution in [3.05, 3.63) is 59.7 Å². The number of phenolic OH excluding ortho intramolecular Hbond substituents is 2. The van der Waals surface area contributed by atoms with E-state index in [4.69, 9.17) is 11.5 Å². The highest BCUT2D eigenvalue weighted by atomic mass is 16.4. The fourth-order valence-corrected chi connectivity index (χ4v) is 3.76. The van der Waals surface area contributed by atoms with Crippen LogP contribution in [0.5, 0.6) is 11.5 Å². The molecule has 0 bridgehead atoms. The van der Waals surface area contributed by atoms with Gasteiger partial charge in [-0.3, -0.25) is 14.4 Å². The lowest BCUT2D eigenvalue weighted by molar-refractivity contribution is -0.142. The lowest BCUT2D eigenvalue weighted by Crippen LogP contribution is -2.57. The Morgan fingerprint density at radius 3 is 1.77 bits per heavy atom. The number of aromatic hydroxyl groups is 2.